The van der Waals surface area contributed by atoms with Crippen LogP contribution in [0.15, 0.2) is 71.4 Å². The highest BCUT2D eigenvalue weighted by Crippen LogP contribution is 2.38. The number of aldehydes is 1. The maximum Gasteiger partial charge on any atom is 0.231 e. The van der Waals surface area contributed by atoms with Gasteiger partial charge >= 0.3 is 0 Å². The third-order valence-electron chi connectivity index (χ3n) is 5.18. The molecule has 1 saturated heterocycles. The number of ether oxygens (including phenoxy) is 1. The first-order valence-corrected chi connectivity index (χ1v) is 13.7. The Morgan fingerprint density at radius 3 is 2.24 bits per heavy atom. The first kappa shape index (κ1) is 31.9. The number of carbonyl (C=O) groups is 2. The quantitative estimate of drug-likeness (QED) is 0.178. The predicted molar refractivity (Wildman–Crippen MR) is 149 cm³/mol. The van der Waals surface area contributed by atoms with Crippen LogP contribution in [-0.4, -0.2) is 30.2 Å². The van der Waals surface area contributed by atoms with Crippen molar-refractivity contribution in [3.63, 3.8) is 0 Å². The molecule has 2 aliphatic heterocycles. The Kier molecular flexibility index (Phi) is 18.0. The van der Waals surface area contributed by atoms with Crippen LogP contribution in [0.25, 0.3) is 0 Å². The number of nitrogens with one attached hydrogen (secondary N) is 1. The van der Waals surface area contributed by atoms with Gasteiger partial charge in [-0.25, -0.2) is 0 Å². The largest absolute Gasteiger partial charge is 0.365 e. The second-order valence-corrected chi connectivity index (χ2v) is 8.29. The van der Waals surface area contributed by atoms with Gasteiger partial charge in [0.2, 0.25) is 5.91 Å². The van der Waals surface area contributed by atoms with Gasteiger partial charge in [0, 0.05) is 10.7 Å². The van der Waals surface area contributed by atoms with Gasteiger partial charge in [-0.05, 0) is 19.3 Å². The zero-order valence-electron chi connectivity index (χ0n) is 22.2. The van der Waals surface area contributed by atoms with Crippen LogP contribution in [0.4, 0.5) is 0 Å². The summed E-state index contributed by atoms with van der Waals surface area (Å²) in [5, 5.41) is 3.10. The van der Waals surface area contributed by atoms with Gasteiger partial charge < -0.3 is 14.8 Å². The van der Waals surface area contributed by atoms with E-state index in [1.807, 2.05) is 58.1 Å². The number of rotatable bonds is 12. The van der Waals surface area contributed by atoms with Crippen molar-refractivity contribution in [3.8, 4) is 0 Å². The number of fused-ring (bicyclic) bond motifs is 2. The van der Waals surface area contributed by atoms with Crippen LogP contribution < -0.4 is 5.32 Å². The average molecular weight is 488 g/mol. The van der Waals surface area contributed by atoms with Gasteiger partial charge in [-0.15, -0.1) is 11.8 Å². The molecule has 0 radical (unpaired) electrons. The van der Waals surface area contributed by atoms with E-state index in [0.29, 0.717) is 0 Å². The zero-order chi connectivity index (χ0) is 25.9. The highest BCUT2D eigenvalue weighted by molar-refractivity contribution is 8.03. The van der Waals surface area contributed by atoms with Gasteiger partial charge in [-0.3, -0.25) is 4.79 Å². The summed E-state index contributed by atoms with van der Waals surface area (Å²) in [5.74, 6) is -0.190. The van der Waals surface area contributed by atoms with Crippen molar-refractivity contribution in [2.75, 3.05) is 5.75 Å². The number of amides is 1. The number of carbonyl (C=O) groups excluding carboxylic acids is 2. The first-order chi connectivity index (χ1) is 16.6. The van der Waals surface area contributed by atoms with Crippen molar-refractivity contribution >= 4 is 24.0 Å². The van der Waals surface area contributed by atoms with E-state index in [2.05, 4.69) is 44.8 Å². The number of hydrogen-bond acceptors (Lipinski definition) is 4. The molecular weight excluding hydrogens is 442 g/mol. The Morgan fingerprint density at radius 2 is 1.68 bits per heavy atom. The first-order valence-electron chi connectivity index (χ1n) is 12.7. The smallest absolute Gasteiger partial charge is 0.231 e. The summed E-state index contributed by atoms with van der Waals surface area (Å²) in [4.78, 5) is 25.7. The molecule has 1 amide bonds. The van der Waals surface area contributed by atoms with Gasteiger partial charge in [0.05, 0.1) is 29.7 Å². The van der Waals surface area contributed by atoms with Crippen LogP contribution >= 0.6 is 11.8 Å². The summed E-state index contributed by atoms with van der Waals surface area (Å²) in [6.07, 6.45) is 18.7. The maximum absolute atomic E-state index is 13.1. The Bertz CT molecular complexity index is 776. The van der Waals surface area contributed by atoms with Crippen molar-refractivity contribution in [1.29, 1.82) is 0 Å². The van der Waals surface area contributed by atoms with Gasteiger partial charge in [-0.2, -0.15) is 0 Å². The van der Waals surface area contributed by atoms with Crippen molar-refractivity contribution in [1.82, 2.24) is 5.32 Å². The van der Waals surface area contributed by atoms with Crippen LogP contribution in [0.5, 0.6) is 0 Å². The SMILES string of the molecule is C=C/C=C\C=C(/CC)CSC(=C/CC)/C(=C\CC)NC(=O)C1C2C=CC(O2)C1C=O.CC.CC. The molecule has 2 heterocycles. The van der Waals surface area contributed by atoms with Crippen LogP contribution in [0.1, 0.15) is 67.7 Å². The summed E-state index contributed by atoms with van der Waals surface area (Å²) in [6, 6.07) is 0. The molecule has 5 heteroatoms. The lowest BCUT2D eigenvalue weighted by Crippen LogP contribution is -2.40. The lowest BCUT2D eigenvalue weighted by atomic mass is 9.83. The molecule has 0 spiro atoms. The fraction of sp³-hybridized carbons (Fsp3) is 0.517. The molecule has 4 nitrogen and oxygen atoms in total. The van der Waals surface area contributed by atoms with E-state index < -0.39 is 11.8 Å². The Balaban J connectivity index is 0.00000258. The molecule has 0 aromatic rings. The maximum atomic E-state index is 13.1. The highest BCUT2D eigenvalue weighted by atomic mass is 32.2. The fourth-order valence-electron chi connectivity index (χ4n) is 3.60. The molecule has 1 fully saturated rings. The summed E-state index contributed by atoms with van der Waals surface area (Å²) in [6.45, 7) is 18.0. The van der Waals surface area contributed by atoms with E-state index in [-0.39, 0.29) is 18.1 Å². The monoisotopic (exact) mass is 487 g/mol. The minimum atomic E-state index is -0.472. The molecular formula is C29H45NO3S. The van der Waals surface area contributed by atoms with Crippen LogP contribution in [0.3, 0.4) is 0 Å². The third-order valence-corrected chi connectivity index (χ3v) is 6.39. The zero-order valence-corrected chi connectivity index (χ0v) is 23.0. The normalized spacial score (nSPS) is 23.7. The second kappa shape index (κ2) is 19.2. The summed E-state index contributed by atoms with van der Waals surface area (Å²) in [7, 11) is 0. The topological polar surface area (TPSA) is 55.4 Å². The van der Waals surface area contributed by atoms with Crippen molar-refractivity contribution < 1.29 is 14.3 Å². The molecule has 0 aromatic heterocycles. The lowest BCUT2D eigenvalue weighted by molar-refractivity contribution is -0.128. The van der Waals surface area contributed by atoms with Crippen LogP contribution in [0.2, 0.25) is 0 Å². The Hall–Kier alpha value is -2.11. The van der Waals surface area contributed by atoms with E-state index in [1.165, 1.54) is 5.57 Å². The molecule has 0 saturated carbocycles. The van der Waals surface area contributed by atoms with Gasteiger partial charge in [-0.1, -0.05) is 109 Å². The molecule has 2 rings (SSSR count). The van der Waals surface area contributed by atoms with E-state index in [1.54, 1.807) is 17.8 Å². The van der Waals surface area contributed by atoms with Gasteiger partial charge in [0.15, 0.2) is 0 Å². The van der Waals surface area contributed by atoms with E-state index in [4.69, 9.17) is 4.74 Å². The minimum Gasteiger partial charge on any atom is -0.365 e. The van der Waals surface area contributed by atoms with E-state index >= 15 is 0 Å². The fourth-order valence-corrected chi connectivity index (χ4v) is 4.81. The molecule has 34 heavy (non-hydrogen) atoms. The van der Waals surface area contributed by atoms with Crippen molar-refractivity contribution in [2.24, 2.45) is 11.8 Å². The molecule has 4 atom stereocenters. The average Bonchev–Trinajstić information content (AvgIpc) is 3.49. The van der Waals surface area contributed by atoms with E-state index in [0.717, 1.165) is 41.9 Å². The Morgan fingerprint density at radius 1 is 1.03 bits per heavy atom. The molecule has 190 valence electrons. The molecule has 2 bridgehead atoms. The van der Waals surface area contributed by atoms with Crippen molar-refractivity contribution in [2.45, 2.75) is 79.9 Å². The van der Waals surface area contributed by atoms with Crippen LogP contribution in [-0.2, 0) is 14.3 Å². The highest BCUT2D eigenvalue weighted by Gasteiger charge is 2.49. The summed E-state index contributed by atoms with van der Waals surface area (Å²) < 4.78 is 5.74. The molecule has 1 N–H and O–H groups in total. The Labute approximate surface area is 212 Å². The number of thioether (sulfide) groups is 1. The number of hydrogen-bond donors (Lipinski definition) is 1. The molecule has 0 aliphatic carbocycles. The summed E-state index contributed by atoms with van der Waals surface area (Å²) >= 11 is 1.73. The molecule has 0 aromatic carbocycles. The predicted octanol–water partition coefficient (Wildman–Crippen LogP) is 7.32. The van der Waals surface area contributed by atoms with Crippen LogP contribution in [0, 0.1) is 11.8 Å². The van der Waals surface area contributed by atoms with E-state index in [9.17, 15) is 9.59 Å². The van der Waals surface area contributed by atoms with Crippen molar-refractivity contribution in [3.05, 3.63) is 71.4 Å². The molecule has 4 unspecified atom stereocenters. The third kappa shape index (κ3) is 9.63. The minimum absolute atomic E-state index is 0.147. The standard InChI is InChI=1S/C25H33NO3S.2C2H6/c1-5-9-10-13-18(8-4)17-30-23(12-7-3)20(11-6-2)26-25(28)24-19(16-27)21-14-15-22(24)29-21;2*1-2/h5,9-16,19,21-22,24H,1,6-8,17H2,2-4H3,(H,26,28);2*1-2H3/b10-9-,18-13+,20-11+,23-12+;;. The summed E-state index contributed by atoms with van der Waals surface area (Å²) in [5.41, 5.74) is 2.14. The second-order valence-electron chi connectivity index (χ2n) is 7.27. The van der Waals surface area contributed by atoms with Gasteiger partial charge in [0.25, 0.3) is 0 Å². The molecule has 2 aliphatic rings. The number of allylic oxidation sites excluding steroid dienone is 6. The van der Waals surface area contributed by atoms with Gasteiger partial charge in [0.1, 0.15) is 6.29 Å². The lowest BCUT2D eigenvalue weighted by Gasteiger charge is -2.22.